The number of aliphatic hydroxyl groups excluding tert-OH is 1. The number of amides is 1. The van der Waals surface area contributed by atoms with Crippen LogP contribution in [0.4, 0.5) is 0 Å². The number of piperidine rings is 3. The second kappa shape index (κ2) is 12.9. The van der Waals surface area contributed by atoms with Gasteiger partial charge in [-0.2, -0.15) is 0 Å². The molecule has 41 heavy (non-hydrogen) atoms. The number of fused-ring (bicyclic) bond motifs is 4. The number of carboxylic acids is 1. The zero-order valence-corrected chi connectivity index (χ0v) is 24.1. The van der Waals surface area contributed by atoms with Crippen LogP contribution in [-0.4, -0.2) is 71.8 Å². The average Bonchev–Trinajstić information content (AvgIpc) is 2.96. The molecular formula is C31H37N3O6S. The number of benzene rings is 2. The molecular weight excluding hydrogens is 542 g/mol. The molecule has 0 spiro atoms. The third kappa shape index (κ3) is 7.38. The fraction of sp³-hybridized carbons (Fsp3) is 0.387. The molecule has 3 aromatic rings. The fourth-order valence-electron chi connectivity index (χ4n) is 5.87. The molecule has 3 aliphatic rings. The Balaban J connectivity index is 0.000000192. The molecule has 0 unspecified atom stereocenters. The van der Waals surface area contributed by atoms with Crippen molar-refractivity contribution >= 4 is 32.6 Å². The van der Waals surface area contributed by atoms with Crippen molar-refractivity contribution in [2.24, 2.45) is 11.8 Å². The highest BCUT2D eigenvalue weighted by molar-refractivity contribution is 7.90. The topological polar surface area (TPSA) is 137 Å². The molecule has 6 atom stereocenters. The van der Waals surface area contributed by atoms with E-state index in [4.69, 9.17) is 5.11 Å². The Labute approximate surface area is 240 Å². The van der Waals surface area contributed by atoms with E-state index in [9.17, 15) is 23.1 Å². The van der Waals surface area contributed by atoms with Crippen LogP contribution in [-0.2, 0) is 25.8 Å². The van der Waals surface area contributed by atoms with Crippen molar-refractivity contribution in [2.75, 3.05) is 19.3 Å². The van der Waals surface area contributed by atoms with E-state index in [1.165, 1.54) is 25.5 Å². The summed E-state index contributed by atoms with van der Waals surface area (Å²) in [6.07, 6.45) is 6.87. The van der Waals surface area contributed by atoms with Gasteiger partial charge in [0, 0.05) is 43.8 Å². The quantitative estimate of drug-likeness (QED) is 0.346. The standard InChI is InChI=1S/C19H22N2O.C12H15NO5S/c1-2-13-12-21-10-8-14(13)11-18(21)19(22)16-7-9-20-17-6-4-3-5-15(16)17;1-8(14)13-11(12(15)16)7-9-4-3-5-10(6-9)19(2,17)18/h2-7,9,13-14,18-19,22H,1,8,10-12H2;3-6,11H,7H2,1-2H3,(H,13,14)(H,15,16)/t13-,14-,18-,19+;11-/m00/s1. The smallest absolute Gasteiger partial charge is 0.326 e. The first-order valence-corrected chi connectivity index (χ1v) is 15.5. The van der Waals surface area contributed by atoms with Gasteiger partial charge in [0.2, 0.25) is 5.91 Å². The third-order valence-electron chi connectivity index (χ3n) is 7.96. The molecule has 3 fully saturated rings. The van der Waals surface area contributed by atoms with Gasteiger partial charge in [0.25, 0.3) is 0 Å². The van der Waals surface area contributed by atoms with Gasteiger partial charge in [0.1, 0.15) is 6.04 Å². The predicted octanol–water partition coefficient (Wildman–Crippen LogP) is 3.39. The minimum atomic E-state index is -3.34. The van der Waals surface area contributed by atoms with E-state index in [2.05, 4.69) is 33.9 Å². The van der Waals surface area contributed by atoms with Crippen molar-refractivity contribution in [1.29, 1.82) is 0 Å². The van der Waals surface area contributed by atoms with E-state index in [0.29, 0.717) is 17.4 Å². The van der Waals surface area contributed by atoms with Gasteiger partial charge in [-0.15, -0.1) is 6.58 Å². The summed E-state index contributed by atoms with van der Waals surface area (Å²) >= 11 is 0. The SMILES string of the molecule is C=C[C@H]1C[N@]2CC[C@H]1C[C@H]2[C@H](O)c1ccnc2ccccc12.CC(=O)N[C@@H](Cc1cccc(S(C)(=O)=O)c1)C(=O)O. The predicted molar refractivity (Wildman–Crippen MR) is 157 cm³/mol. The largest absolute Gasteiger partial charge is 0.480 e. The van der Waals surface area contributed by atoms with Gasteiger partial charge in [-0.25, -0.2) is 13.2 Å². The first-order valence-electron chi connectivity index (χ1n) is 13.6. The van der Waals surface area contributed by atoms with Crippen LogP contribution >= 0.6 is 0 Å². The van der Waals surface area contributed by atoms with E-state index >= 15 is 0 Å². The lowest BCUT2D eigenvalue weighted by atomic mass is 9.73. The lowest BCUT2D eigenvalue weighted by molar-refractivity contribution is -0.141. The molecule has 1 amide bonds. The monoisotopic (exact) mass is 579 g/mol. The van der Waals surface area contributed by atoms with Crippen molar-refractivity contribution in [2.45, 2.75) is 49.3 Å². The number of rotatable bonds is 8. The zero-order valence-electron chi connectivity index (χ0n) is 23.3. The number of para-hydroxylation sites is 1. The van der Waals surface area contributed by atoms with Crippen LogP contribution in [0.1, 0.15) is 37.0 Å². The van der Waals surface area contributed by atoms with Crippen molar-refractivity contribution in [3.8, 4) is 0 Å². The molecule has 10 heteroatoms. The Morgan fingerprint density at radius 1 is 1.20 bits per heavy atom. The molecule has 1 aromatic heterocycles. The average molecular weight is 580 g/mol. The Kier molecular flexibility index (Phi) is 9.57. The maximum Gasteiger partial charge on any atom is 0.326 e. The van der Waals surface area contributed by atoms with Crippen LogP contribution in [0.15, 0.2) is 78.3 Å². The van der Waals surface area contributed by atoms with Gasteiger partial charge in [0.15, 0.2) is 9.84 Å². The number of carboxylic acid groups (broad SMARTS) is 1. The number of hydrogen-bond acceptors (Lipinski definition) is 7. The molecule has 0 radical (unpaired) electrons. The first-order chi connectivity index (χ1) is 19.5. The van der Waals surface area contributed by atoms with Gasteiger partial charge >= 0.3 is 5.97 Å². The second-order valence-corrected chi connectivity index (χ2v) is 12.8. The number of nitrogens with one attached hydrogen (secondary N) is 1. The lowest BCUT2D eigenvalue weighted by Crippen LogP contribution is -2.54. The molecule has 2 aromatic carbocycles. The second-order valence-electron chi connectivity index (χ2n) is 10.8. The summed E-state index contributed by atoms with van der Waals surface area (Å²) in [6, 6.07) is 15.2. The van der Waals surface area contributed by atoms with Crippen molar-refractivity contribution in [3.05, 3.63) is 84.6 Å². The van der Waals surface area contributed by atoms with Crippen LogP contribution in [0.3, 0.4) is 0 Å². The third-order valence-corrected chi connectivity index (χ3v) is 9.07. The Hall–Kier alpha value is -3.60. The highest BCUT2D eigenvalue weighted by Gasteiger charge is 2.42. The normalized spacial score (nSPS) is 23.1. The maximum atomic E-state index is 11.4. The molecule has 2 bridgehead atoms. The summed E-state index contributed by atoms with van der Waals surface area (Å²) in [5.41, 5.74) is 2.50. The van der Waals surface area contributed by atoms with Crippen LogP contribution in [0.25, 0.3) is 10.9 Å². The van der Waals surface area contributed by atoms with Crippen LogP contribution in [0.5, 0.6) is 0 Å². The summed E-state index contributed by atoms with van der Waals surface area (Å²) in [4.78, 5) is 28.9. The summed E-state index contributed by atoms with van der Waals surface area (Å²) in [5, 5.41) is 23.4. The molecule has 6 rings (SSSR count). The number of aliphatic carboxylic acids is 1. The van der Waals surface area contributed by atoms with Crippen LogP contribution in [0.2, 0.25) is 0 Å². The van der Waals surface area contributed by atoms with E-state index in [-0.39, 0.29) is 17.4 Å². The minimum Gasteiger partial charge on any atom is -0.480 e. The first kappa shape index (κ1) is 30.4. The number of carbonyl (C=O) groups is 2. The summed E-state index contributed by atoms with van der Waals surface area (Å²) < 4.78 is 22.8. The fourth-order valence-corrected chi connectivity index (χ4v) is 6.56. The molecule has 9 nitrogen and oxygen atoms in total. The zero-order chi connectivity index (χ0) is 29.7. The van der Waals surface area contributed by atoms with Gasteiger partial charge in [-0.3, -0.25) is 14.7 Å². The van der Waals surface area contributed by atoms with E-state index < -0.39 is 33.9 Å². The van der Waals surface area contributed by atoms with Crippen molar-refractivity contribution in [1.82, 2.24) is 15.2 Å². The molecule has 3 aliphatic heterocycles. The molecule has 218 valence electrons. The lowest BCUT2D eigenvalue weighted by Gasteiger charge is -2.50. The summed E-state index contributed by atoms with van der Waals surface area (Å²) in [6.45, 7) is 7.34. The number of aromatic nitrogens is 1. The van der Waals surface area contributed by atoms with Crippen molar-refractivity contribution < 1.29 is 28.2 Å². The van der Waals surface area contributed by atoms with Gasteiger partial charge in [0.05, 0.1) is 16.5 Å². The van der Waals surface area contributed by atoms with Crippen LogP contribution < -0.4 is 5.32 Å². The Morgan fingerprint density at radius 2 is 1.95 bits per heavy atom. The van der Waals surface area contributed by atoms with Crippen LogP contribution in [0, 0.1) is 11.8 Å². The number of aliphatic hydroxyl groups is 1. The number of hydrogen-bond donors (Lipinski definition) is 3. The molecule has 0 aliphatic carbocycles. The van der Waals surface area contributed by atoms with E-state index in [1.54, 1.807) is 12.1 Å². The Bertz CT molecular complexity index is 1520. The molecule has 0 saturated carbocycles. The van der Waals surface area contributed by atoms with E-state index in [1.807, 2.05) is 30.5 Å². The summed E-state index contributed by atoms with van der Waals surface area (Å²) in [7, 11) is -3.34. The summed E-state index contributed by atoms with van der Waals surface area (Å²) in [5.74, 6) is -0.353. The molecule has 3 N–H and O–H groups in total. The van der Waals surface area contributed by atoms with Gasteiger partial charge in [-0.05, 0) is 66.6 Å². The minimum absolute atomic E-state index is 0.0261. The van der Waals surface area contributed by atoms with Crippen molar-refractivity contribution in [3.63, 3.8) is 0 Å². The van der Waals surface area contributed by atoms with E-state index in [0.717, 1.165) is 42.2 Å². The van der Waals surface area contributed by atoms with Gasteiger partial charge < -0.3 is 15.5 Å². The number of nitrogens with zero attached hydrogens (tertiary/aromatic N) is 2. The molecule has 4 heterocycles. The number of pyridine rings is 1. The maximum absolute atomic E-state index is 11.4. The highest BCUT2D eigenvalue weighted by atomic mass is 32.2. The highest BCUT2D eigenvalue weighted by Crippen LogP contribution is 2.41. The number of sulfone groups is 1. The Morgan fingerprint density at radius 3 is 2.59 bits per heavy atom. The number of carbonyl (C=O) groups excluding carboxylic acids is 1. The van der Waals surface area contributed by atoms with Gasteiger partial charge in [-0.1, -0.05) is 36.4 Å². The molecule has 3 saturated heterocycles.